The van der Waals surface area contributed by atoms with Gasteiger partial charge in [-0.05, 0) is 31.9 Å². The summed E-state index contributed by atoms with van der Waals surface area (Å²) in [6.07, 6.45) is 8.08. The number of halogens is 1. The van der Waals surface area contributed by atoms with E-state index >= 15 is 0 Å². The van der Waals surface area contributed by atoms with Crippen LogP contribution < -0.4 is 9.62 Å². The molecular weight excluding hydrogens is 428 g/mol. The molecule has 0 aromatic carbocycles. The van der Waals surface area contributed by atoms with Gasteiger partial charge in [-0.2, -0.15) is 5.10 Å². The standard InChI is InChI=1S/C19H27ClN6O3S/c20-18-9-17(30(28,29)23-11-15-10-22-26(13-15)7-8-27)12-21-19(18)25-6-2-5-24-4-1-3-16(24)14-25/h9-10,12-13,16,23,27H,1-8,11,14H2. The molecule has 0 bridgehead atoms. The molecule has 4 heterocycles. The largest absolute Gasteiger partial charge is 0.394 e. The first-order valence-corrected chi connectivity index (χ1v) is 12.1. The van der Waals surface area contributed by atoms with Crippen LogP contribution in [0.5, 0.6) is 0 Å². The summed E-state index contributed by atoms with van der Waals surface area (Å²) in [5.41, 5.74) is 0.702. The molecule has 0 saturated carbocycles. The smallest absolute Gasteiger partial charge is 0.242 e. The van der Waals surface area contributed by atoms with Crippen molar-refractivity contribution in [2.75, 3.05) is 37.7 Å². The Bertz CT molecular complexity index is 982. The van der Waals surface area contributed by atoms with Gasteiger partial charge in [0.2, 0.25) is 10.0 Å². The van der Waals surface area contributed by atoms with Gasteiger partial charge in [0.25, 0.3) is 0 Å². The number of nitrogens with one attached hydrogen (secondary N) is 1. The molecule has 2 aromatic rings. The van der Waals surface area contributed by atoms with Crippen LogP contribution in [0.4, 0.5) is 5.82 Å². The maximum atomic E-state index is 12.7. The third-order valence-electron chi connectivity index (χ3n) is 5.69. The summed E-state index contributed by atoms with van der Waals surface area (Å²) in [6.45, 7) is 4.40. The van der Waals surface area contributed by atoms with Crippen LogP contribution in [0.1, 0.15) is 24.8 Å². The summed E-state index contributed by atoms with van der Waals surface area (Å²) in [5, 5.41) is 13.4. The summed E-state index contributed by atoms with van der Waals surface area (Å²) in [5.74, 6) is 0.648. The predicted molar refractivity (Wildman–Crippen MR) is 114 cm³/mol. The minimum atomic E-state index is -3.76. The van der Waals surface area contributed by atoms with Crippen molar-refractivity contribution in [1.82, 2.24) is 24.4 Å². The fraction of sp³-hybridized carbons (Fsp3) is 0.579. The number of hydrogen-bond acceptors (Lipinski definition) is 7. The van der Waals surface area contributed by atoms with Gasteiger partial charge in [-0.15, -0.1) is 0 Å². The fourth-order valence-electron chi connectivity index (χ4n) is 4.18. The molecule has 2 fully saturated rings. The number of hydrogen-bond donors (Lipinski definition) is 2. The quantitative estimate of drug-likeness (QED) is 0.645. The first kappa shape index (κ1) is 21.5. The topological polar surface area (TPSA) is 104 Å². The molecule has 0 radical (unpaired) electrons. The highest BCUT2D eigenvalue weighted by Gasteiger charge is 2.30. The number of pyridine rings is 1. The first-order chi connectivity index (χ1) is 14.5. The highest BCUT2D eigenvalue weighted by atomic mass is 35.5. The van der Waals surface area contributed by atoms with Gasteiger partial charge in [-0.1, -0.05) is 11.6 Å². The average Bonchev–Trinajstić information content (AvgIpc) is 3.31. The number of rotatable bonds is 7. The maximum absolute atomic E-state index is 12.7. The van der Waals surface area contributed by atoms with Crippen molar-refractivity contribution in [2.24, 2.45) is 0 Å². The van der Waals surface area contributed by atoms with E-state index in [0.717, 1.165) is 32.6 Å². The number of nitrogens with zero attached hydrogens (tertiary/aromatic N) is 5. The van der Waals surface area contributed by atoms with Gasteiger partial charge in [0.1, 0.15) is 10.7 Å². The second kappa shape index (κ2) is 9.19. The number of anilines is 1. The number of aliphatic hydroxyl groups excluding tert-OH is 1. The summed E-state index contributed by atoms with van der Waals surface area (Å²) in [6, 6.07) is 1.99. The molecule has 2 aliphatic rings. The van der Waals surface area contributed by atoms with E-state index in [2.05, 4.69) is 24.6 Å². The van der Waals surface area contributed by atoms with Crippen LogP contribution in [-0.2, 0) is 23.1 Å². The van der Waals surface area contributed by atoms with E-state index in [1.807, 2.05) is 0 Å². The van der Waals surface area contributed by atoms with Gasteiger partial charge in [0.05, 0.1) is 24.4 Å². The van der Waals surface area contributed by atoms with Crippen molar-refractivity contribution in [1.29, 1.82) is 0 Å². The molecule has 11 heteroatoms. The number of fused-ring (bicyclic) bond motifs is 1. The maximum Gasteiger partial charge on any atom is 0.242 e. The molecule has 0 aliphatic carbocycles. The highest BCUT2D eigenvalue weighted by molar-refractivity contribution is 7.89. The van der Waals surface area contributed by atoms with Gasteiger partial charge in [-0.25, -0.2) is 18.1 Å². The number of aromatic nitrogens is 3. The predicted octanol–water partition coefficient (Wildman–Crippen LogP) is 1.08. The molecule has 164 valence electrons. The van der Waals surface area contributed by atoms with Gasteiger partial charge in [-0.3, -0.25) is 9.58 Å². The molecule has 2 saturated heterocycles. The Morgan fingerprint density at radius 2 is 2.07 bits per heavy atom. The third-order valence-corrected chi connectivity index (χ3v) is 7.34. The summed E-state index contributed by atoms with van der Waals surface area (Å²) >= 11 is 6.47. The molecule has 1 unspecified atom stereocenters. The Kier molecular flexibility index (Phi) is 6.59. The van der Waals surface area contributed by atoms with E-state index in [0.29, 0.717) is 29.0 Å². The lowest BCUT2D eigenvalue weighted by molar-refractivity contribution is 0.269. The van der Waals surface area contributed by atoms with Crippen molar-refractivity contribution in [3.05, 3.63) is 35.2 Å². The first-order valence-electron chi connectivity index (χ1n) is 10.2. The van der Waals surface area contributed by atoms with Crippen molar-refractivity contribution in [2.45, 2.75) is 43.3 Å². The van der Waals surface area contributed by atoms with Crippen molar-refractivity contribution >= 4 is 27.4 Å². The summed E-state index contributed by atoms with van der Waals surface area (Å²) in [4.78, 5) is 9.16. The lowest BCUT2D eigenvalue weighted by atomic mass is 10.2. The zero-order valence-corrected chi connectivity index (χ0v) is 18.3. The molecule has 2 aliphatic heterocycles. The van der Waals surface area contributed by atoms with Crippen molar-refractivity contribution in [3.63, 3.8) is 0 Å². The molecule has 30 heavy (non-hydrogen) atoms. The molecule has 4 rings (SSSR count). The molecule has 0 amide bonds. The Morgan fingerprint density at radius 3 is 2.87 bits per heavy atom. The number of aliphatic hydroxyl groups is 1. The van der Waals surface area contributed by atoms with Crippen LogP contribution in [0.25, 0.3) is 0 Å². The Labute approximate surface area is 181 Å². The van der Waals surface area contributed by atoms with Gasteiger partial charge < -0.3 is 10.0 Å². The Morgan fingerprint density at radius 1 is 1.23 bits per heavy atom. The molecule has 9 nitrogen and oxygen atoms in total. The second-order valence-electron chi connectivity index (χ2n) is 7.77. The Balaban J connectivity index is 1.44. The highest BCUT2D eigenvalue weighted by Crippen LogP contribution is 2.29. The van der Waals surface area contributed by atoms with E-state index in [9.17, 15) is 8.42 Å². The van der Waals surface area contributed by atoms with E-state index in [1.54, 1.807) is 17.1 Å². The zero-order chi connectivity index (χ0) is 21.1. The minimum Gasteiger partial charge on any atom is -0.394 e. The van der Waals surface area contributed by atoms with Crippen LogP contribution in [-0.4, -0.2) is 72.0 Å². The van der Waals surface area contributed by atoms with Crippen LogP contribution in [0.15, 0.2) is 29.6 Å². The number of sulfonamides is 1. The molecule has 1 atom stereocenters. The fourth-order valence-corrected chi connectivity index (χ4v) is 5.51. The summed E-state index contributed by atoms with van der Waals surface area (Å²) < 4.78 is 29.5. The van der Waals surface area contributed by atoms with E-state index in [1.165, 1.54) is 25.1 Å². The normalized spacial score (nSPS) is 20.3. The van der Waals surface area contributed by atoms with Gasteiger partial charge >= 0.3 is 0 Å². The van der Waals surface area contributed by atoms with E-state index < -0.39 is 10.0 Å². The zero-order valence-electron chi connectivity index (χ0n) is 16.7. The van der Waals surface area contributed by atoms with Crippen molar-refractivity contribution in [3.8, 4) is 0 Å². The Hall–Kier alpha value is -1.72. The third kappa shape index (κ3) is 4.78. The average molecular weight is 455 g/mol. The SMILES string of the molecule is O=S(=O)(NCc1cnn(CCO)c1)c1cnc(N2CCCN3CCCC3C2)c(Cl)c1. The monoisotopic (exact) mass is 454 g/mol. The van der Waals surface area contributed by atoms with Crippen LogP contribution in [0, 0.1) is 0 Å². The van der Waals surface area contributed by atoms with E-state index in [-0.39, 0.29) is 18.0 Å². The van der Waals surface area contributed by atoms with Gasteiger partial charge in [0, 0.05) is 50.2 Å². The molecular formula is C19H27ClN6O3S. The van der Waals surface area contributed by atoms with Crippen molar-refractivity contribution < 1.29 is 13.5 Å². The molecule has 0 spiro atoms. The second-order valence-corrected chi connectivity index (χ2v) is 9.94. The summed E-state index contributed by atoms with van der Waals surface area (Å²) in [7, 11) is -3.76. The molecule has 2 aromatic heterocycles. The minimum absolute atomic E-state index is 0.0286. The van der Waals surface area contributed by atoms with Gasteiger partial charge in [0.15, 0.2) is 0 Å². The van der Waals surface area contributed by atoms with E-state index in [4.69, 9.17) is 16.7 Å². The lowest BCUT2D eigenvalue weighted by Gasteiger charge is -2.27. The van der Waals surface area contributed by atoms with Crippen LogP contribution in [0.3, 0.4) is 0 Å². The van der Waals surface area contributed by atoms with Crippen LogP contribution in [0.2, 0.25) is 5.02 Å². The molecule has 2 N–H and O–H groups in total. The van der Waals surface area contributed by atoms with Crippen LogP contribution >= 0.6 is 11.6 Å². The lowest BCUT2D eigenvalue weighted by Crippen LogP contribution is -2.37.